The molecule has 98 valence electrons. The lowest BCUT2D eigenvalue weighted by Gasteiger charge is -2.15. The van der Waals surface area contributed by atoms with E-state index in [1.165, 1.54) is 6.07 Å². The Labute approximate surface area is 114 Å². The molecule has 3 nitrogen and oxygen atoms in total. The van der Waals surface area contributed by atoms with Crippen LogP contribution < -0.4 is 0 Å². The molecule has 0 bridgehead atoms. The number of hydrogen-bond donors (Lipinski definition) is 1. The van der Waals surface area contributed by atoms with Crippen LogP contribution in [0.1, 0.15) is 18.4 Å². The molecule has 0 saturated carbocycles. The Morgan fingerprint density at radius 3 is 3.00 bits per heavy atom. The van der Waals surface area contributed by atoms with Crippen LogP contribution in [0.2, 0.25) is 0 Å². The lowest BCUT2D eigenvalue weighted by molar-refractivity contribution is -0.138. The van der Waals surface area contributed by atoms with Crippen LogP contribution in [-0.4, -0.2) is 29.1 Å². The average Bonchev–Trinajstić information content (AvgIpc) is 2.70. The van der Waals surface area contributed by atoms with Gasteiger partial charge in [0, 0.05) is 19.5 Å². The summed E-state index contributed by atoms with van der Waals surface area (Å²) in [6.07, 6.45) is 1.16. The zero-order chi connectivity index (χ0) is 13.1. The van der Waals surface area contributed by atoms with E-state index in [2.05, 4.69) is 20.8 Å². The van der Waals surface area contributed by atoms with E-state index in [1.54, 1.807) is 12.1 Å². The fourth-order valence-electron chi connectivity index (χ4n) is 2.37. The topological polar surface area (TPSA) is 40.5 Å². The fourth-order valence-corrected chi connectivity index (χ4v) is 2.79. The largest absolute Gasteiger partial charge is 0.481 e. The van der Waals surface area contributed by atoms with Crippen LogP contribution in [0.5, 0.6) is 0 Å². The summed E-state index contributed by atoms with van der Waals surface area (Å²) in [5.41, 5.74) is 1.04. The highest BCUT2D eigenvalue weighted by Crippen LogP contribution is 2.23. The predicted octanol–water partition coefficient (Wildman–Crippen LogP) is 2.88. The monoisotopic (exact) mass is 315 g/mol. The van der Waals surface area contributed by atoms with Crippen molar-refractivity contribution in [1.29, 1.82) is 0 Å². The molecule has 1 N–H and O–H groups in total. The molecule has 1 aromatic rings. The van der Waals surface area contributed by atoms with Gasteiger partial charge in [0.2, 0.25) is 0 Å². The van der Waals surface area contributed by atoms with E-state index < -0.39 is 5.97 Å². The Balaban J connectivity index is 1.91. The summed E-state index contributed by atoms with van der Waals surface area (Å²) in [5.74, 6) is -0.748. The third-order valence-corrected chi connectivity index (χ3v) is 3.83. The van der Waals surface area contributed by atoms with Crippen LogP contribution in [0.15, 0.2) is 22.7 Å². The first kappa shape index (κ1) is 13.5. The van der Waals surface area contributed by atoms with Gasteiger partial charge in [-0.05, 0) is 52.5 Å². The van der Waals surface area contributed by atoms with Crippen molar-refractivity contribution in [2.45, 2.75) is 19.4 Å². The SMILES string of the molecule is O=C(O)CC1CCN(Cc2ccc(F)c(Br)c2)C1. The highest BCUT2D eigenvalue weighted by Gasteiger charge is 2.24. The number of carboxylic acids is 1. The molecule has 1 unspecified atom stereocenters. The molecule has 0 spiro atoms. The number of carboxylic acid groups (broad SMARTS) is 1. The smallest absolute Gasteiger partial charge is 0.303 e. The predicted molar refractivity (Wildman–Crippen MR) is 69.7 cm³/mol. The summed E-state index contributed by atoms with van der Waals surface area (Å²) in [5, 5.41) is 8.75. The van der Waals surface area contributed by atoms with Crippen LogP contribution >= 0.6 is 15.9 Å². The van der Waals surface area contributed by atoms with Crippen molar-refractivity contribution in [3.05, 3.63) is 34.1 Å². The van der Waals surface area contributed by atoms with Gasteiger partial charge in [0.05, 0.1) is 4.47 Å². The molecule has 5 heteroatoms. The molecule has 0 amide bonds. The van der Waals surface area contributed by atoms with Crippen LogP contribution in [0.25, 0.3) is 0 Å². The van der Waals surface area contributed by atoms with Gasteiger partial charge in [-0.1, -0.05) is 6.07 Å². The number of carbonyl (C=O) groups is 1. The van der Waals surface area contributed by atoms with E-state index in [9.17, 15) is 9.18 Å². The lowest BCUT2D eigenvalue weighted by Crippen LogP contribution is -2.20. The summed E-state index contributed by atoms with van der Waals surface area (Å²) < 4.78 is 13.6. The van der Waals surface area contributed by atoms with E-state index in [0.717, 1.165) is 31.6 Å². The minimum absolute atomic E-state index is 0.240. The Hall–Kier alpha value is -0.940. The highest BCUT2D eigenvalue weighted by atomic mass is 79.9. The van der Waals surface area contributed by atoms with E-state index in [4.69, 9.17) is 5.11 Å². The number of nitrogens with zero attached hydrogens (tertiary/aromatic N) is 1. The molecule has 2 rings (SSSR count). The van der Waals surface area contributed by atoms with Crippen LogP contribution in [0.3, 0.4) is 0 Å². The first-order valence-corrected chi connectivity index (χ1v) is 6.72. The molecule has 1 saturated heterocycles. The quantitative estimate of drug-likeness (QED) is 0.928. The number of rotatable bonds is 4. The van der Waals surface area contributed by atoms with Gasteiger partial charge in [-0.3, -0.25) is 9.69 Å². The van der Waals surface area contributed by atoms with Crippen LogP contribution in [-0.2, 0) is 11.3 Å². The molecule has 1 heterocycles. The molecule has 0 radical (unpaired) electrons. The van der Waals surface area contributed by atoms with Crippen molar-refractivity contribution in [2.75, 3.05) is 13.1 Å². The zero-order valence-corrected chi connectivity index (χ0v) is 11.5. The average molecular weight is 316 g/mol. The van der Waals surface area contributed by atoms with Gasteiger partial charge in [0.1, 0.15) is 5.82 Å². The standard InChI is InChI=1S/C13H15BrFNO2/c14-11-5-9(1-2-12(11)15)7-16-4-3-10(8-16)6-13(17)18/h1-2,5,10H,3-4,6-8H2,(H,17,18). The Bertz CT molecular complexity index is 453. The second-order valence-corrected chi connectivity index (χ2v) is 5.59. The highest BCUT2D eigenvalue weighted by molar-refractivity contribution is 9.10. The molecule has 1 aromatic carbocycles. The maximum atomic E-state index is 13.1. The summed E-state index contributed by atoms with van der Waals surface area (Å²) in [7, 11) is 0. The van der Waals surface area contributed by atoms with Gasteiger partial charge in [-0.2, -0.15) is 0 Å². The fraction of sp³-hybridized carbons (Fsp3) is 0.462. The van der Waals surface area contributed by atoms with Gasteiger partial charge in [-0.25, -0.2) is 4.39 Å². The van der Waals surface area contributed by atoms with E-state index in [1.807, 2.05) is 0 Å². The normalized spacial score (nSPS) is 20.2. The Kier molecular flexibility index (Phi) is 4.35. The van der Waals surface area contributed by atoms with E-state index in [-0.39, 0.29) is 18.2 Å². The minimum Gasteiger partial charge on any atom is -0.481 e. The van der Waals surface area contributed by atoms with E-state index in [0.29, 0.717) is 4.47 Å². The van der Waals surface area contributed by atoms with Crippen molar-refractivity contribution in [1.82, 2.24) is 4.90 Å². The van der Waals surface area contributed by atoms with Gasteiger partial charge in [-0.15, -0.1) is 0 Å². The summed E-state index contributed by atoms with van der Waals surface area (Å²) in [6, 6.07) is 4.99. The number of hydrogen-bond acceptors (Lipinski definition) is 2. The van der Waals surface area contributed by atoms with Crippen molar-refractivity contribution >= 4 is 21.9 Å². The molecular weight excluding hydrogens is 301 g/mol. The second-order valence-electron chi connectivity index (χ2n) is 4.74. The molecule has 1 aliphatic heterocycles. The van der Waals surface area contributed by atoms with Crippen molar-refractivity contribution in [3.63, 3.8) is 0 Å². The number of likely N-dealkylation sites (tertiary alicyclic amines) is 1. The van der Waals surface area contributed by atoms with E-state index >= 15 is 0 Å². The van der Waals surface area contributed by atoms with Crippen LogP contribution in [0, 0.1) is 11.7 Å². The van der Waals surface area contributed by atoms with Crippen molar-refractivity contribution in [2.24, 2.45) is 5.92 Å². The Morgan fingerprint density at radius 1 is 1.56 bits per heavy atom. The Morgan fingerprint density at radius 2 is 2.33 bits per heavy atom. The molecule has 1 fully saturated rings. The maximum absolute atomic E-state index is 13.1. The number of halogens is 2. The third-order valence-electron chi connectivity index (χ3n) is 3.22. The van der Waals surface area contributed by atoms with Gasteiger partial charge in [0.15, 0.2) is 0 Å². The minimum atomic E-state index is -0.730. The number of benzene rings is 1. The lowest BCUT2D eigenvalue weighted by atomic mass is 10.1. The molecule has 18 heavy (non-hydrogen) atoms. The van der Waals surface area contributed by atoms with Crippen molar-refractivity contribution in [3.8, 4) is 0 Å². The molecule has 0 aliphatic carbocycles. The third kappa shape index (κ3) is 3.53. The van der Waals surface area contributed by atoms with Crippen LogP contribution in [0.4, 0.5) is 4.39 Å². The van der Waals surface area contributed by atoms with Gasteiger partial charge < -0.3 is 5.11 Å². The van der Waals surface area contributed by atoms with Gasteiger partial charge in [0.25, 0.3) is 0 Å². The summed E-state index contributed by atoms with van der Waals surface area (Å²) >= 11 is 3.17. The van der Waals surface area contributed by atoms with Gasteiger partial charge >= 0.3 is 5.97 Å². The molecule has 0 aromatic heterocycles. The first-order chi connectivity index (χ1) is 8.54. The number of aliphatic carboxylic acids is 1. The molecule has 1 aliphatic rings. The van der Waals surface area contributed by atoms with Crippen molar-refractivity contribution < 1.29 is 14.3 Å². The zero-order valence-electron chi connectivity index (χ0n) is 9.90. The molecular formula is C13H15BrFNO2. The maximum Gasteiger partial charge on any atom is 0.303 e. The second kappa shape index (κ2) is 5.80. The molecule has 1 atom stereocenters. The summed E-state index contributed by atoms with van der Waals surface area (Å²) in [6.45, 7) is 2.46. The first-order valence-electron chi connectivity index (χ1n) is 5.92. The summed E-state index contributed by atoms with van der Waals surface area (Å²) in [4.78, 5) is 12.9.